The van der Waals surface area contributed by atoms with Gasteiger partial charge in [-0.1, -0.05) is 51.1 Å². The molecule has 216 valence electrons. The molecule has 0 saturated heterocycles. The lowest BCUT2D eigenvalue weighted by Crippen LogP contribution is -2.02. The van der Waals surface area contributed by atoms with E-state index in [9.17, 15) is 4.39 Å². The van der Waals surface area contributed by atoms with E-state index < -0.39 is 0 Å². The highest BCUT2D eigenvalue weighted by Crippen LogP contribution is 2.26. The zero-order valence-corrected chi connectivity index (χ0v) is 24.9. The van der Waals surface area contributed by atoms with Crippen LogP contribution in [0.3, 0.4) is 0 Å². The van der Waals surface area contributed by atoms with Crippen LogP contribution in [-0.4, -0.2) is 25.0 Å². The third-order valence-corrected chi connectivity index (χ3v) is 5.26. The smallest absolute Gasteiger partial charge is 0.128 e. The lowest BCUT2D eigenvalue weighted by molar-refractivity contribution is -0.106. The number of rotatable bonds is 7. The molecule has 0 bridgehead atoms. The number of aromatic nitrogens is 1. The van der Waals surface area contributed by atoms with Gasteiger partial charge in [-0.3, -0.25) is 4.98 Å². The Morgan fingerprint density at radius 2 is 1.77 bits per heavy atom. The normalized spacial score (nSPS) is 12.8. The van der Waals surface area contributed by atoms with Crippen molar-refractivity contribution in [1.82, 2.24) is 4.98 Å². The quantitative estimate of drug-likeness (QED) is 0.219. The molecule has 5 nitrogen and oxygen atoms in total. The van der Waals surface area contributed by atoms with Crippen LogP contribution in [0, 0.1) is 31.5 Å². The molecule has 6 heteroatoms. The van der Waals surface area contributed by atoms with E-state index in [0.717, 1.165) is 51.9 Å². The number of fused-ring (bicyclic) bond motifs is 1. The Bertz CT molecular complexity index is 1220. The van der Waals surface area contributed by atoms with E-state index in [-0.39, 0.29) is 5.82 Å². The predicted molar refractivity (Wildman–Crippen MR) is 164 cm³/mol. The number of benzene rings is 2. The van der Waals surface area contributed by atoms with Crippen LogP contribution in [0.4, 0.5) is 4.39 Å². The molecule has 0 spiro atoms. The van der Waals surface area contributed by atoms with Gasteiger partial charge in [0.2, 0.25) is 0 Å². The van der Waals surface area contributed by atoms with Crippen LogP contribution >= 0.6 is 0 Å². The Morgan fingerprint density at radius 3 is 2.38 bits per heavy atom. The molecule has 0 amide bonds. The summed E-state index contributed by atoms with van der Waals surface area (Å²) in [6.07, 6.45) is 16.2. The summed E-state index contributed by atoms with van der Waals surface area (Å²) in [6, 6.07) is 14.4. The van der Waals surface area contributed by atoms with Crippen molar-refractivity contribution in [2.75, 3.05) is 13.7 Å². The third-order valence-electron chi connectivity index (χ3n) is 5.26. The first-order chi connectivity index (χ1) is 19.4. The summed E-state index contributed by atoms with van der Waals surface area (Å²) in [5, 5.41) is 0.810. The molecule has 0 fully saturated rings. The van der Waals surface area contributed by atoms with E-state index >= 15 is 0 Å². The summed E-state index contributed by atoms with van der Waals surface area (Å²) >= 11 is 0. The van der Waals surface area contributed by atoms with Crippen molar-refractivity contribution in [3.05, 3.63) is 95.2 Å². The Kier molecular flexibility index (Phi) is 19.8. The van der Waals surface area contributed by atoms with Crippen LogP contribution in [0.2, 0.25) is 0 Å². The van der Waals surface area contributed by atoms with Crippen LogP contribution in [0.5, 0.6) is 5.75 Å². The number of terminal acetylenes is 1. The van der Waals surface area contributed by atoms with Gasteiger partial charge in [-0.2, -0.15) is 0 Å². The number of allylic oxidation sites excluding steroid dienone is 3. The second-order valence-electron chi connectivity index (χ2n) is 8.27. The molecule has 4 rings (SSSR count). The third kappa shape index (κ3) is 13.2. The highest BCUT2D eigenvalue weighted by atomic mass is 19.1. The summed E-state index contributed by atoms with van der Waals surface area (Å²) in [5.41, 5.74) is 3.91. The van der Waals surface area contributed by atoms with Crippen molar-refractivity contribution in [1.29, 1.82) is 0 Å². The van der Waals surface area contributed by atoms with Crippen LogP contribution in [-0.2, 0) is 27.5 Å². The fraction of sp³-hybridized carbons (Fsp3) is 0.353. The number of nitrogens with zero attached hydrogens (tertiary/aromatic N) is 1. The molecule has 1 heterocycles. The van der Waals surface area contributed by atoms with E-state index in [0.29, 0.717) is 25.7 Å². The molecule has 1 aromatic heterocycles. The van der Waals surface area contributed by atoms with Gasteiger partial charge in [0.15, 0.2) is 0 Å². The van der Waals surface area contributed by atoms with E-state index in [4.69, 9.17) is 19.0 Å². The predicted octanol–water partition coefficient (Wildman–Crippen LogP) is 8.39. The number of aryl methyl sites for hydroxylation is 1. The molecule has 0 radical (unpaired) electrons. The van der Waals surface area contributed by atoms with Gasteiger partial charge in [0.05, 0.1) is 24.4 Å². The molecule has 3 aromatic rings. The second kappa shape index (κ2) is 21.9. The highest BCUT2D eigenvalue weighted by molar-refractivity contribution is 5.78. The van der Waals surface area contributed by atoms with Crippen LogP contribution in [0.1, 0.15) is 57.9 Å². The van der Waals surface area contributed by atoms with Gasteiger partial charge in [-0.15, -0.1) is 12.8 Å². The zero-order chi connectivity index (χ0) is 30.3. The monoisotopic (exact) mass is 549 g/mol. The zero-order valence-electron chi connectivity index (χ0n) is 24.9. The Balaban J connectivity index is 0.000000638. The molecule has 0 aliphatic heterocycles. The summed E-state index contributed by atoms with van der Waals surface area (Å²) in [6.45, 7) is 13.4. The molecule has 0 N–H and O–H groups in total. The van der Waals surface area contributed by atoms with Crippen LogP contribution < -0.4 is 4.74 Å². The van der Waals surface area contributed by atoms with E-state index in [2.05, 4.69) is 62.0 Å². The number of halogens is 1. The van der Waals surface area contributed by atoms with Gasteiger partial charge < -0.3 is 19.0 Å². The average molecular weight is 550 g/mol. The topological polar surface area (TPSA) is 57.7 Å². The van der Waals surface area contributed by atoms with E-state index in [1.165, 1.54) is 19.1 Å². The van der Waals surface area contributed by atoms with Gasteiger partial charge in [0.25, 0.3) is 0 Å². The second-order valence-corrected chi connectivity index (χ2v) is 8.27. The lowest BCUT2D eigenvalue weighted by atomic mass is 10.0. The number of para-hydroxylation sites is 1. The number of pyridine rings is 1. The maximum Gasteiger partial charge on any atom is 0.128 e. The number of carbonyl (C=O) groups excluding carboxylic acids is 1. The first-order valence-electron chi connectivity index (χ1n) is 13.4. The number of carbonyl (C=O) groups is 1. The van der Waals surface area contributed by atoms with Crippen LogP contribution in [0.25, 0.3) is 10.9 Å². The highest BCUT2D eigenvalue weighted by Gasteiger charge is 2.09. The number of hydrogen-bond donors (Lipinski definition) is 0. The van der Waals surface area contributed by atoms with E-state index in [1.54, 1.807) is 13.2 Å². The van der Waals surface area contributed by atoms with Gasteiger partial charge in [0, 0.05) is 18.1 Å². The molecule has 1 atom stereocenters. The molecular formula is C34H44FNO4. The Morgan fingerprint density at radius 1 is 1.07 bits per heavy atom. The first kappa shape index (κ1) is 36.1. The number of methoxy groups -OCH3 is 1. The number of aldehydes is 1. The number of hydrogen-bond acceptors (Lipinski definition) is 5. The summed E-state index contributed by atoms with van der Waals surface area (Å²) in [7, 11) is 1.62. The molecule has 0 saturated carbocycles. The summed E-state index contributed by atoms with van der Waals surface area (Å²) in [5.74, 6) is 2.30. The van der Waals surface area contributed by atoms with Crippen molar-refractivity contribution in [2.24, 2.45) is 5.92 Å². The maximum absolute atomic E-state index is 12.8. The number of ether oxygens (including phenoxy) is 3. The average Bonchev–Trinajstić information content (AvgIpc) is 2.97. The van der Waals surface area contributed by atoms with Crippen molar-refractivity contribution < 1.29 is 23.4 Å². The minimum absolute atomic E-state index is 0.237. The first-order valence-corrected chi connectivity index (χ1v) is 13.4. The van der Waals surface area contributed by atoms with Crippen LogP contribution in [0.15, 0.2) is 72.5 Å². The molecule has 1 aliphatic rings. The Hall–Kier alpha value is -3.95. The molecule has 40 heavy (non-hydrogen) atoms. The standard InChI is InChI=1S/C17H22O2.C11H10FNO.C2H4O.C2H6.C2H2/c1-4-18-17-14(3)6-5-7-15(17)12-19-16-10-8-13(2)9-11-16;1-14-7-10-4-2-8-6-9(12)3-5-11(8)13-10;1-2-3;2*1-2/h5-8,10-11,13H,4,9,12H2,1-3H3;2-6H,7H2,1H3;2H,1H3;1-2H3;1-2H. The van der Waals surface area contributed by atoms with E-state index in [1.807, 2.05) is 39.0 Å². The Labute approximate surface area is 240 Å². The van der Waals surface area contributed by atoms with Crippen molar-refractivity contribution in [3.63, 3.8) is 0 Å². The lowest BCUT2D eigenvalue weighted by Gasteiger charge is -2.16. The van der Waals surface area contributed by atoms with Gasteiger partial charge in [0.1, 0.15) is 30.2 Å². The summed E-state index contributed by atoms with van der Waals surface area (Å²) in [4.78, 5) is 13.1. The van der Waals surface area contributed by atoms with Crippen molar-refractivity contribution in [2.45, 2.75) is 61.2 Å². The van der Waals surface area contributed by atoms with Gasteiger partial charge in [-0.05, 0) is 75.1 Å². The van der Waals surface area contributed by atoms with Gasteiger partial charge in [-0.25, -0.2) is 4.39 Å². The molecule has 1 unspecified atom stereocenters. The largest absolute Gasteiger partial charge is 0.493 e. The molecular weight excluding hydrogens is 505 g/mol. The van der Waals surface area contributed by atoms with Gasteiger partial charge >= 0.3 is 0 Å². The van der Waals surface area contributed by atoms with Crippen molar-refractivity contribution >= 4 is 17.2 Å². The summed E-state index contributed by atoms with van der Waals surface area (Å²) < 4.78 is 29.4. The minimum atomic E-state index is -0.237. The minimum Gasteiger partial charge on any atom is -0.493 e. The SMILES string of the molecule is C#C.CC.CC=O.CCOc1c(C)cccc1COC1=CCC(C)C=C1.COCc1ccc2cc(F)ccc2n1. The maximum atomic E-state index is 12.8. The fourth-order valence-corrected chi connectivity index (χ4v) is 3.52. The van der Waals surface area contributed by atoms with Crippen molar-refractivity contribution in [3.8, 4) is 18.6 Å². The fourth-order valence-electron chi connectivity index (χ4n) is 3.52. The molecule has 1 aliphatic carbocycles. The molecule has 2 aromatic carbocycles.